The van der Waals surface area contributed by atoms with Crippen molar-refractivity contribution in [3.05, 3.63) is 22.4 Å². The van der Waals surface area contributed by atoms with Crippen LogP contribution in [0.1, 0.15) is 24.3 Å². The second-order valence-corrected chi connectivity index (χ2v) is 5.03. The van der Waals surface area contributed by atoms with Gasteiger partial charge in [0.1, 0.15) is 5.69 Å². The van der Waals surface area contributed by atoms with E-state index < -0.39 is 0 Å². The molecule has 94 valence electrons. The first-order valence-corrected chi connectivity index (χ1v) is 6.17. The average molecular weight is 302 g/mol. The van der Waals surface area contributed by atoms with Gasteiger partial charge in [0.15, 0.2) is 0 Å². The molecule has 0 radical (unpaired) electrons. The van der Waals surface area contributed by atoms with Gasteiger partial charge in [-0.1, -0.05) is 13.8 Å². The molecule has 0 atom stereocenters. The molecule has 3 N–H and O–H groups in total. The monoisotopic (exact) mass is 301 g/mol. The fourth-order valence-electron chi connectivity index (χ4n) is 1.14. The lowest BCUT2D eigenvalue weighted by atomic mass is 10.2. The first kappa shape index (κ1) is 13.8. The van der Waals surface area contributed by atoms with Gasteiger partial charge in [0.05, 0.1) is 6.54 Å². The van der Waals surface area contributed by atoms with E-state index in [1.54, 1.807) is 12.3 Å². The molecule has 0 saturated carbocycles. The molecule has 1 rings (SSSR count). The summed E-state index contributed by atoms with van der Waals surface area (Å²) in [6, 6.07) is 1.65. The average Bonchev–Trinajstić information content (AvgIpc) is 2.70. The Morgan fingerprint density at radius 1 is 1.41 bits per heavy atom. The number of carbonyl (C=O) groups excluding carboxylic acids is 2. The Labute approximate surface area is 108 Å². The van der Waals surface area contributed by atoms with Crippen LogP contribution in [-0.4, -0.2) is 29.9 Å². The number of aromatic amines is 1. The molecule has 1 aromatic rings. The van der Waals surface area contributed by atoms with E-state index >= 15 is 0 Å². The molecule has 0 unspecified atom stereocenters. The van der Waals surface area contributed by atoms with Gasteiger partial charge in [-0.05, 0) is 27.9 Å². The molecule has 6 heteroatoms. The largest absolute Gasteiger partial charge is 0.356 e. The molecular formula is C11H16BrN3O2. The zero-order chi connectivity index (χ0) is 12.8. The summed E-state index contributed by atoms with van der Waals surface area (Å²) >= 11 is 3.23. The van der Waals surface area contributed by atoms with Crippen molar-refractivity contribution in [1.29, 1.82) is 0 Å². The molecule has 17 heavy (non-hydrogen) atoms. The lowest BCUT2D eigenvalue weighted by molar-refractivity contribution is -0.120. The van der Waals surface area contributed by atoms with E-state index in [1.807, 2.05) is 13.8 Å². The molecular weight excluding hydrogens is 286 g/mol. The number of rotatable bonds is 5. The Morgan fingerprint density at radius 2 is 2.12 bits per heavy atom. The van der Waals surface area contributed by atoms with Crippen LogP contribution in [0.25, 0.3) is 0 Å². The molecule has 0 spiro atoms. The van der Waals surface area contributed by atoms with Crippen LogP contribution in [0.3, 0.4) is 0 Å². The van der Waals surface area contributed by atoms with E-state index in [1.165, 1.54) is 0 Å². The van der Waals surface area contributed by atoms with Crippen LogP contribution in [-0.2, 0) is 4.79 Å². The molecule has 1 heterocycles. The first-order valence-electron chi connectivity index (χ1n) is 5.38. The maximum absolute atomic E-state index is 11.6. The summed E-state index contributed by atoms with van der Waals surface area (Å²) in [4.78, 5) is 25.7. The van der Waals surface area contributed by atoms with Crippen molar-refractivity contribution in [2.24, 2.45) is 5.92 Å². The normalized spacial score (nSPS) is 10.4. The highest BCUT2D eigenvalue weighted by Gasteiger charge is 2.09. The van der Waals surface area contributed by atoms with Gasteiger partial charge in [-0.15, -0.1) is 0 Å². The molecule has 5 nitrogen and oxygen atoms in total. The van der Waals surface area contributed by atoms with Crippen molar-refractivity contribution in [1.82, 2.24) is 15.6 Å². The lowest BCUT2D eigenvalue weighted by Crippen LogP contribution is -2.38. The molecule has 1 aromatic heterocycles. The van der Waals surface area contributed by atoms with E-state index in [4.69, 9.17) is 0 Å². The molecule has 0 fully saturated rings. The SMILES string of the molecule is CC(C)CNC(=O)CNC(=O)c1cc(Br)c[nH]1. The zero-order valence-corrected chi connectivity index (χ0v) is 11.4. The Hall–Kier alpha value is -1.30. The van der Waals surface area contributed by atoms with Gasteiger partial charge in [0.2, 0.25) is 5.91 Å². The summed E-state index contributed by atoms with van der Waals surface area (Å²) < 4.78 is 0.798. The van der Waals surface area contributed by atoms with E-state index in [0.29, 0.717) is 18.2 Å². The Bertz CT molecular complexity index is 401. The molecule has 0 aliphatic carbocycles. The number of nitrogens with one attached hydrogen (secondary N) is 3. The van der Waals surface area contributed by atoms with Crippen LogP contribution in [0.5, 0.6) is 0 Å². The highest BCUT2D eigenvalue weighted by atomic mass is 79.9. The predicted octanol–water partition coefficient (Wildman–Crippen LogP) is 1.28. The smallest absolute Gasteiger partial charge is 0.268 e. The highest BCUT2D eigenvalue weighted by molar-refractivity contribution is 9.10. The van der Waals surface area contributed by atoms with Gasteiger partial charge >= 0.3 is 0 Å². The summed E-state index contributed by atoms with van der Waals surface area (Å²) in [5.74, 6) is -0.0814. The standard InChI is InChI=1S/C11H16BrN3O2/c1-7(2)4-14-10(16)6-15-11(17)9-3-8(12)5-13-9/h3,5,7,13H,4,6H2,1-2H3,(H,14,16)(H,15,17). The number of amides is 2. The summed E-state index contributed by atoms with van der Waals surface area (Å²) in [5, 5.41) is 5.25. The predicted molar refractivity (Wildman–Crippen MR) is 68.7 cm³/mol. The van der Waals surface area contributed by atoms with Crippen LogP contribution in [0.4, 0.5) is 0 Å². The third kappa shape index (κ3) is 5.04. The number of aromatic nitrogens is 1. The minimum Gasteiger partial charge on any atom is -0.356 e. The van der Waals surface area contributed by atoms with Crippen molar-refractivity contribution in [3.8, 4) is 0 Å². The molecule has 0 saturated heterocycles. The Kier molecular flexibility index (Phi) is 5.21. The van der Waals surface area contributed by atoms with Crippen molar-refractivity contribution in [2.45, 2.75) is 13.8 Å². The summed E-state index contributed by atoms with van der Waals surface area (Å²) in [7, 11) is 0. The quantitative estimate of drug-likeness (QED) is 0.766. The van der Waals surface area contributed by atoms with Crippen LogP contribution >= 0.6 is 15.9 Å². The lowest BCUT2D eigenvalue weighted by Gasteiger charge is -2.08. The van der Waals surface area contributed by atoms with Crippen LogP contribution in [0.15, 0.2) is 16.7 Å². The maximum atomic E-state index is 11.6. The van der Waals surface area contributed by atoms with Crippen LogP contribution in [0, 0.1) is 5.92 Å². The third-order valence-electron chi connectivity index (χ3n) is 2.01. The van der Waals surface area contributed by atoms with Crippen LogP contribution < -0.4 is 10.6 Å². The van der Waals surface area contributed by atoms with Gasteiger partial charge < -0.3 is 15.6 Å². The van der Waals surface area contributed by atoms with Gasteiger partial charge in [0, 0.05) is 17.2 Å². The van der Waals surface area contributed by atoms with Crippen molar-refractivity contribution in [2.75, 3.05) is 13.1 Å². The fraction of sp³-hybridized carbons (Fsp3) is 0.455. The van der Waals surface area contributed by atoms with Crippen LogP contribution in [0.2, 0.25) is 0 Å². The molecule has 0 aliphatic rings. The number of hydrogen-bond acceptors (Lipinski definition) is 2. The number of H-pyrrole nitrogens is 1. The second-order valence-electron chi connectivity index (χ2n) is 4.11. The van der Waals surface area contributed by atoms with Crippen molar-refractivity contribution in [3.63, 3.8) is 0 Å². The summed E-state index contributed by atoms with van der Waals surface area (Å²) in [6.07, 6.45) is 1.66. The Morgan fingerprint density at radius 3 is 2.65 bits per heavy atom. The number of hydrogen-bond donors (Lipinski definition) is 3. The van der Waals surface area contributed by atoms with E-state index in [-0.39, 0.29) is 18.4 Å². The topological polar surface area (TPSA) is 74.0 Å². The second kappa shape index (κ2) is 6.44. The van der Waals surface area contributed by atoms with Gasteiger partial charge in [-0.3, -0.25) is 9.59 Å². The van der Waals surface area contributed by atoms with Gasteiger partial charge in [0.25, 0.3) is 5.91 Å². The van der Waals surface area contributed by atoms with E-state index in [9.17, 15) is 9.59 Å². The Balaban J connectivity index is 2.31. The van der Waals surface area contributed by atoms with Gasteiger partial charge in [-0.2, -0.15) is 0 Å². The fourth-order valence-corrected chi connectivity index (χ4v) is 1.48. The van der Waals surface area contributed by atoms with E-state index in [0.717, 1.165) is 4.47 Å². The maximum Gasteiger partial charge on any atom is 0.268 e. The van der Waals surface area contributed by atoms with Crippen molar-refractivity contribution < 1.29 is 9.59 Å². The summed E-state index contributed by atoms with van der Waals surface area (Å²) in [6.45, 7) is 4.62. The molecule has 2 amide bonds. The minimum absolute atomic E-state index is 0.0117. The first-order chi connectivity index (χ1) is 7.99. The third-order valence-corrected chi connectivity index (χ3v) is 2.47. The van der Waals surface area contributed by atoms with Crippen molar-refractivity contribution >= 4 is 27.7 Å². The molecule has 0 aromatic carbocycles. The minimum atomic E-state index is -0.296. The number of carbonyl (C=O) groups is 2. The summed E-state index contributed by atoms with van der Waals surface area (Å²) in [5.41, 5.74) is 0.425. The highest BCUT2D eigenvalue weighted by Crippen LogP contribution is 2.09. The molecule has 0 bridgehead atoms. The molecule has 0 aliphatic heterocycles. The number of halogens is 1. The van der Waals surface area contributed by atoms with Gasteiger partial charge in [-0.25, -0.2) is 0 Å². The van der Waals surface area contributed by atoms with E-state index in [2.05, 4.69) is 31.5 Å². The zero-order valence-electron chi connectivity index (χ0n) is 9.84.